The van der Waals surface area contributed by atoms with Gasteiger partial charge in [0.2, 0.25) is 0 Å². The van der Waals surface area contributed by atoms with Crippen LogP contribution in [0.1, 0.15) is 27.8 Å². The number of carbonyl (C=O) groups excluding carboxylic acids is 2. The first-order valence-corrected chi connectivity index (χ1v) is 11.0. The van der Waals surface area contributed by atoms with Crippen molar-refractivity contribution in [3.05, 3.63) is 98.6 Å². The van der Waals surface area contributed by atoms with Gasteiger partial charge in [-0.25, -0.2) is 9.59 Å². The van der Waals surface area contributed by atoms with E-state index in [9.17, 15) is 35.0 Å². The number of nitrogens with zero attached hydrogens (tertiary/aromatic N) is 1. The number of nitro benzene ring substituents is 1. The molecule has 0 aromatic heterocycles. The van der Waals surface area contributed by atoms with Crippen molar-refractivity contribution < 1.29 is 39.3 Å². The molecule has 0 aliphatic heterocycles. The highest BCUT2D eigenvalue weighted by Gasteiger charge is 2.12. The molecule has 12 nitrogen and oxygen atoms in total. The number of hydrogen-bond donors (Lipinski definition) is 5. The van der Waals surface area contributed by atoms with E-state index in [2.05, 4.69) is 10.6 Å². The van der Waals surface area contributed by atoms with Crippen LogP contribution in [0.3, 0.4) is 0 Å². The summed E-state index contributed by atoms with van der Waals surface area (Å²) in [6.45, 7) is -1.19. The maximum atomic E-state index is 12.2. The number of aliphatic hydroxyl groups is 3. The molecule has 2 amide bonds. The molecule has 3 aromatic rings. The number of aliphatic hydroxyl groups excluding tert-OH is 3. The van der Waals surface area contributed by atoms with Crippen LogP contribution >= 0.6 is 0 Å². The van der Waals surface area contributed by atoms with Gasteiger partial charge in [0.1, 0.15) is 13.2 Å². The fraction of sp³-hybridized carbons (Fsp3) is 0.200. The van der Waals surface area contributed by atoms with E-state index in [1.54, 1.807) is 30.3 Å². The third-order valence-electron chi connectivity index (χ3n) is 5.22. The van der Waals surface area contributed by atoms with Crippen LogP contribution in [0.4, 0.5) is 26.7 Å². The molecule has 0 fully saturated rings. The van der Waals surface area contributed by atoms with Crippen LogP contribution in [-0.2, 0) is 42.5 Å². The predicted octanol–water partition coefficient (Wildman–Crippen LogP) is 3.57. The summed E-state index contributed by atoms with van der Waals surface area (Å²) in [4.78, 5) is 34.5. The summed E-state index contributed by atoms with van der Waals surface area (Å²) < 4.78 is 10.3. The fourth-order valence-corrected chi connectivity index (χ4v) is 3.29. The SMILES string of the molecule is O=C(Nc1ccc(CO)cc1CO)OCc1ccc(NC(=O)OCc2ccc([N+](=O)[O-])cc2)c(CO)c1. The minimum Gasteiger partial charge on any atom is -0.444 e. The maximum absolute atomic E-state index is 12.2. The molecule has 194 valence electrons. The van der Waals surface area contributed by atoms with E-state index in [0.717, 1.165) is 0 Å². The van der Waals surface area contributed by atoms with E-state index in [4.69, 9.17) is 9.47 Å². The highest BCUT2D eigenvalue weighted by atomic mass is 16.6. The molecular weight excluding hydrogens is 486 g/mol. The van der Waals surface area contributed by atoms with Gasteiger partial charge in [0.25, 0.3) is 5.69 Å². The van der Waals surface area contributed by atoms with Gasteiger partial charge in [-0.2, -0.15) is 0 Å². The second-order valence-corrected chi connectivity index (χ2v) is 7.78. The summed E-state index contributed by atoms with van der Waals surface area (Å²) in [5.41, 5.74) is 3.02. The highest BCUT2D eigenvalue weighted by Crippen LogP contribution is 2.21. The maximum Gasteiger partial charge on any atom is 0.411 e. The Labute approximate surface area is 211 Å². The molecule has 0 aliphatic rings. The monoisotopic (exact) mass is 511 g/mol. The first kappa shape index (κ1) is 27.1. The van der Waals surface area contributed by atoms with E-state index in [0.29, 0.717) is 39.2 Å². The first-order valence-electron chi connectivity index (χ1n) is 11.0. The molecule has 0 bridgehead atoms. The molecule has 0 unspecified atom stereocenters. The van der Waals surface area contributed by atoms with Crippen LogP contribution in [0.25, 0.3) is 0 Å². The van der Waals surface area contributed by atoms with Crippen molar-refractivity contribution >= 4 is 29.2 Å². The minimum atomic E-state index is -0.789. The highest BCUT2D eigenvalue weighted by molar-refractivity contribution is 5.86. The van der Waals surface area contributed by atoms with Crippen LogP contribution < -0.4 is 10.6 Å². The number of anilines is 2. The van der Waals surface area contributed by atoms with Crippen molar-refractivity contribution in [1.82, 2.24) is 0 Å². The lowest BCUT2D eigenvalue weighted by molar-refractivity contribution is -0.384. The van der Waals surface area contributed by atoms with Gasteiger partial charge in [-0.1, -0.05) is 12.1 Å². The van der Waals surface area contributed by atoms with E-state index < -0.39 is 23.7 Å². The molecule has 0 atom stereocenters. The Morgan fingerprint density at radius 2 is 1.16 bits per heavy atom. The molecule has 0 saturated heterocycles. The minimum absolute atomic E-state index is 0.0750. The Balaban J connectivity index is 1.53. The molecule has 12 heteroatoms. The third-order valence-corrected chi connectivity index (χ3v) is 5.22. The van der Waals surface area contributed by atoms with Gasteiger partial charge >= 0.3 is 12.2 Å². The zero-order valence-electron chi connectivity index (χ0n) is 19.5. The Bertz CT molecular complexity index is 1260. The smallest absolute Gasteiger partial charge is 0.411 e. The fourth-order valence-electron chi connectivity index (χ4n) is 3.29. The van der Waals surface area contributed by atoms with Crippen molar-refractivity contribution in [3.8, 4) is 0 Å². The largest absolute Gasteiger partial charge is 0.444 e. The Morgan fingerprint density at radius 1 is 0.703 bits per heavy atom. The van der Waals surface area contributed by atoms with E-state index in [-0.39, 0.29) is 32.1 Å². The summed E-state index contributed by atoms with van der Waals surface area (Å²) in [6, 6.07) is 14.9. The lowest BCUT2D eigenvalue weighted by atomic mass is 10.1. The van der Waals surface area contributed by atoms with Gasteiger partial charge in [0.15, 0.2) is 0 Å². The summed E-state index contributed by atoms with van der Waals surface area (Å²) in [6.07, 6.45) is -1.56. The standard InChI is InChI=1S/C25H25N3O9/c29-11-17-3-7-22(19(9-17)12-30)26-25(33)37-15-18-4-8-23(20(10-18)13-31)27-24(32)36-14-16-1-5-21(6-2-16)28(34)35/h1-10,29-31H,11-15H2,(H,26,33)(H,27,32). The third kappa shape index (κ3) is 7.73. The number of rotatable bonds is 10. The molecule has 5 N–H and O–H groups in total. The molecule has 0 spiro atoms. The number of non-ortho nitro benzene ring substituents is 1. The number of amides is 2. The van der Waals surface area contributed by atoms with Gasteiger partial charge in [0, 0.05) is 34.6 Å². The molecule has 0 aliphatic carbocycles. The van der Waals surface area contributed by atoms with Crippen molar-refractivity contribution in [3.63, 3.8) is 0 Å². The first-order chi connectivity index (χ1) is 17.8. The van der Waals surface area contributed by atoms with Crippen LogP contribution in [0.15, 0.2) is 60.7 Å². The summed E-state index contributed by atoms with van der Waals surface area (Å²) in [7, 11) is 0. The second kappa shape index (κ2) is 13.0. The van der Waals surface area contributed by atoms with Crippen molar-refractivity contribution in [1.29, 1.82) is 0 Å². The molecule has 37 heavy (non-hydrogen) atoms. The molecular formula is C25H25N3O9. The predicted molar refractivity (Wildman–Crippen MR) is 131 cm³/mol. The second-order valence-electron chi connectivity index (χ2n) is 7.78. The van der Waals surface area contributed by atoms with Crippen molar-refractivity contribution in [2.45, 2.75) is 33.0 Å². The Hall–Kier alpha value is -4.52. The average molecular weight is 511 g/mol. The summed E-state index contributed by atoms with van der Waals surface area (Å²) in [5.74, 6) is 0. The van der Waals surface area contributed by atoms with Crippen LogP contribution in [0.5, 0.6) is 0 Å². The molecule has 3 aromatic carbocycles. The number of hydrogen-bond acceptors (Lipinski definition) is 9. The lowest BCUT2D eigenvalue weighted by Gasteiger charge is -2.13. The van der Waals surface area contributed by atoms with Gasteiger partial charge in [-0.3, -0.25) is 20.7 Å². The normalized spacial score (nSPS) is 10.5. The van der Waals surface area contributed by atoms with E-state index >= 15 is 0 Å². The molecule has 0 radical (unpaired) electrons. The zero-order chi connectivity index (χ0) is 26.8. The number of nitro groups is 1. The van der Waals surface area contributed by atoms with E-state index in [1.807, 2.05) is 0 Å². The summed E-state index contributed by atoms with van der Waals surface area (Å²) in [5, 5.41) is 44.1. The zero-order valence-corrected chi connectivity index (χ0v) is 19.5. The Morgan fingerprint density at radius 3 is 1.65 bits per heavy atom. The number of benzene rings is 3. The van der Waals surface area contributed by atoms with Gasteiger partial charge in [-0.05, 0) is 53.1 Å². The quantitative estimate of drug-likeness (QED) is 0.201. The molecule has 0 saturated carbocycles. The Kier molecular flexibility index (Phi) is 9.49. The van der Waals surface area contributed by atoms with Crippen molar-refractivity contribution in [2.24, 2.45) is 0 Å². The van der Waals surface area contributed by atoms with Gasteiger partial charge in [0.05, 0.1) is 24.7 Å². The van der Waals surface area contributed by atoms with Gasteiger partial charge < -0.3 is 24.8 Å². The number of ether oxygens (including phenoxy) is 2. The average Bonchev–Trinajstić information content (AvgIpc) is 2.91. The van der Waals surface area contributed by atoms with Crippen LogP contribution in [0, 0.1) is 10.1 Å². The lowest BCUT2D eigenvalue weighted by Crippen LogP contribution is -2.16. The van der Waals surface area contributed by atoms with E-state index in [1.165, 1.54) is 30.3 Å². The van der Waals surface area contributed by atoms with Gasteiger partial charge in [-0.15, -0.1) is 0 Å². The number of nitrogens with one attached hydrogen (secondary N) is 2. The molecule has 3 rings (SSSR count). The number of carbonyl (C=O) groups is 2. The summed E-state index contributed by atoms with van der Waals surface area (Å²) >= 11 is 0. The topological polar surface area (TPSA) is 180 Å². The van der Waals surface area contributed by atoms with Crippen LogP contribution in [0.2, 0.25) is 0 Å². The van der Waals surface area contributed by atoms with Crippen LogP contribution in [-0.4, -0.2) is 32.4 Å². The van der Waals surface area contributed by atoms with Crippen molar-refractivity contribution in [2.75, 3.05) is 10.6 Å². The molecule has 0 heterocycles.